The van der Waals surface area contributed by atoms with Gasteiger partial charge in [0.05, 0.1) is 0 Å². The lowest BCUT2D eigenvalue weighted by Gasteiger charge is -2.04. The predicted molar refractivity (Wildman–Crippen MR) is 39.5 cm³/mol. The third-order valence-electron chi connectivity index (χ3n) is 0.687. The smallest absolute Gasteiger partial charge is 0.323 e. The highest BCUT2D eigenvalue weighted by atomic mass is 32.3. The van der Waals surface area contributed by atoms with Crippen LogP contribution < -0.4 is 5.73 Å². The van der Waals surface area contributed by atoms with Gasteiger partial charge in [-0.15, -0.1) is 0 Å². The summed E-state index contributed by atoms with van der Waals surface area (Å²) in [7, 11) is -4.74. The van der Waals surface area contributed by atoms with Gasteiger partial charge in [0.15, 0.2) is 0 Å². The topological polar surface area (TPSA) is 107 Å². The van der Waals surface area contributed by atoms with Gasteiger partial charge in [0, 0.05) is 5.75 Å². The molecule has 0 unspecified atom stereocenters. The first kappa shape index (κ1) is 10.7. The number of hydrogen-bond donors (Lipinski definition) is 3. The lowest BCUT2D eigenvalue weighted by atomic mass is 10.4. The Kier molecular flexibility index (Phi) is 3.79. The van der Waals surface area contributed by atoms with Crippen molar-refractivity contribution < 1.29 is 21.9 Å². The van der Waals surface area contributed by atoms with Gasteiger partial charge in [-0.25, -0.2) is 4.79 Å². The zero-order valence-electron chi connectivity index (χ0n) is 5.30. The summed E-state index contributed by atoms with van der Waals surface area (Å²) in [5, 5.41) is 0. The maximum atomic E-state index is 10.5. The minimum atomic E-state index is -4.74. The first-order chi connectivity index (χ1) is 4.87. The molecule has 0 aromatic heterocycles. The molecule has 0 heterocycles. The quantitative estimate of drug-likeness (QED) is 0.382. The molecule has 0 aromatic rings. The molecule has 0 aliphatic rings. The van der Waals surface area contributed by atoms with Gasteiger partial charge in [-0.05, 0) is 0 Å². The van der Waals surface area contributed by atoms with Gasteiger partial charge in [-0.1, -0.05) is 0 Å². The van der Waals surface area contributed by atoms with Crippen molar-refractivity contribution in [1.29, 1.82) is 0 Å². The summed E-state index contributed by atoms with van der Waals surface area (Å²) >= 11 is 3.60. The summed E-state index contributed by atoms with van der Waals surface area (Å²) < 4.78 is 31.3. The molecular formula is C3H7NO5S2. The minimum absolute atomic E-state index is 0.0612. The summed E-state index contributed by atoms with van der Waals surface area (Å²) in [6, 6.07) is -1.15. The van der Waals surface area contributed by atoms with E-state index in [4.69, 9.17) is 10.3 Å². The third-order valence-corrected chi connectivity index (χ3v) is 1.46. The molecular weight excluding hydrogens is 194 g/mol. The van der Waals surface area contributed by atoms with Crippen molar-refractivity contribution in [1.82, 2.24) is 0 Å². The van der Waals surface area contributed by atoms with Gasteiger partial charge in [0.1, 0.15) is 6.04 Å². The van der Waals surface area contributed by atoms with Gasteiger partial charge in [-0.2, -0.15) is 21.0 Å². The van der Waals surface area contributed by atoms with E-state index in [2.05, 4.69) is 16.8 Å². The Balaban J connectivity index is 4.10. The lowest BCUT2D eigenvalue weighted by Crippen LogP contribution is -2.35. The van der Waals surface area contributed by atoms with Crippen LogP contribution in [0.3, 0.4) is 0 Å². The summed E-state index contributed by atoms with van der Waals surface area (Å²) in [4.78, 5) is 10.5. The van der Waals surface area contributed by atoms with Crippen LogP contribution in [0.25, 0.3) is 0 Å². The van der Waals surface area contributed by atoms with Gasteiger partial charge < -0.3 is 9.92 Å². The zero-order chi connectivity index (χ0) is 9.07. The molecule has 6 nitrogen and oxygen atoms in total. The Labute approximate surface area is 69.1 Å². The number of carbonyl (C=O) groups is 1. The van der Waals surface area contributed by atoms with Gasteiger partial charge in [0.2, 0.25) is 0 Å². The molecule has 0 rings (SSSR count). The Morgan fingerprint density at radius 3 is 2.45 bits per heavy atom. The highest BCUT2D eigenvalue weighted by Crippen LogP contribution is 1.92. The van der Waals surface area contributed by atoms with Crippen molar-refractivity contribution in [3.05, 3.63) is 0 Å². The van der Waals surface area contributed by atoms with E-state index in [0.29, 0.717) is 0 Å². The SMILES string of the molecule is N[C@@H](CS)C(=O)OS(=O)(=O)O. The Morgan fingerprint density at radius 2 is 2.18 bits per heavy atom. The first-order valence-corrected chi connectivity index (χ1v) is 4.43. The number of nitrogens with two attached hydrogens (primary N) is 1. The molecule has 0 saturated heterocycles. The van der Waals surface area contributed by atoms with Crippen LogP contribution in [0.1, 0.15) is 0 Å². The molecule has 1 atom stereocenters. The molecule has 0 aromatic carbocycles. The average Bonchev–Trinajstić information content (AvgIpc) is 1.82. The molecule has 0 spiro atoms. The van der Waals surface area contributed by atoms with Crippen LogP contribution in [-0.2, 0) is 19.4 Å². The van der Waals surface area contributed by atoms with E-state index >= 15 is 0 Å². The van der Waals surface area contributed by atoms with Crippen LogP contribution in [0.5, 0.6) is 0 Å². The summed E-state index contributed by atoms with van der Waals surface area (Å²) in [6.07, 6.45) is 0. The van der Waals surface area contributed by atoms with E-state index < -0.39 is 22.4 Å². The summed E-state index contributed by atoms with van der Waals surface area (Å²) in [6.45, 7) is 0. The monoisotopic (exact) mass is 201 g/mol. The van der Waals surface area contributed by atoms with Gasteiger partial charge in [-0.3, -0.25) is 4.55 Å². The van der Waals surface area contributed by atoms with E-state index in [0.717, 1.165) is 0 Å². The summed E-state index contributed by atoms with van der Waals surface area (Å²) in [5.41, 5.74) is 5.00. The van der Waals surface area contributed by atoms with Crippen molar-refractivity contribution in [3.8, 4) is 0 Å². The van der Waals surface area contributed by atoms with Crippen molar-refractivity contribution in [2.75, 3.05) is 5.75 Å². The average molecular weight is 201 g/mol. The molecule has 0 radical (unpaired) electrons. The Morgan fingerprint density at radius 1 is 1.73 bits per heavy atom. The molecule has 0 amide bonds. The van der Waals surface area contributed by atoms with Crippen LogP contribution >= 0.6 is 12.6 Å². The van der Waals surface area contributed by atoms with Gasteiger partial charge in [0.25, 0.3) is 0 Å². The third kappa shape index (κ3) is 5.01. The fourth-order valence-corrected chi connectivity index (χ4v) is 0.720. The molecule has 0 saturated carbocycles. The second kappa shape index (κ2) is 3.90. The van der Waals surface area contributed by atoms with Crippen molar-refractivity contribution >= 4 is 29.0 Å². The van der Waals surface area contributed by atoms with E-state index in [-0.39, 0.29) is 5.75 Å². The van der Waals surface area contributed by atoms with Crippen molar-refractivity contribution in [2.24, 2.45) is 5.73 Å². The second-order valence-corrected chi connectivity index (χ2v) is 3.01. The number of hydrogen-bond acceptors (Lipinski definition) is 6. The Bertz CT molecular complexity index is 234. The molecule has 8 heteroatoms. The first-order valence-electron chi connectivity index (χ1n) is 2.44. The molecule has 11 heavy (non-hydrogen) atoms. The fourth-order valence-electron chi connectivity index (χ4n) is 0.240. The van der Waals surface area contributed by atoms with Crippen molar-refractivity contribution in [2.45, 2.75) is 6.04 Å². The van der Waals surface area contributed by atoms with Gasteiger partial charge >= 0.3 is 16.4 Å². The Hall–Kier alpha value is -0.310. The van der Waals surface area contributed by atoms with Crippen LogP contribution in [0.4, 0.5) is 0 Å². The van der Waals surface area contributed by atoms with E-state index in [1.54, 1.807) is 0 Å². The predicted octanol–water partition coefficient (Wildman–Crippen LogP) is -1.41. The molecule has 0 bridgehead atoms. The number of carbonyl (C=O) groups excluding carboxylic acids is 1. The maximum absolute atomic E-state index is 10.5. The maximum Gasteiger partial charge on any atom is 0.449 e. The van der Waals surface area contributed by atoms with Crippen LogP contribution in [0.2, 0.25) is 0 Å². The van der Waals surface area contributed by atoms with Crippen LogP contribution in [-0.4, -0.2) is 30.7 Å². The lowest BCUT2D eigenvalue weighted by molar-refractivity contribution is -0.135. The zero-order valence-corrected chi connectivity index (χ0v) is 7.01. The van der Waals surface area contributed by atoms with Crippen LogP contribution in [0.15, 0.2) is 0 Å². The fraction of sp³-hybridized carbons (Fsp3) is 0.667. The normalized spacial score (nSPS) is 14.1. The standard InChI is InChI=1S/C3H7NO5S2/c4-2(1-10)3(5)9-11(6,7)8/h2,10H,1,4H2,(H,6,7,8)/t2-/m0/s1. The molecule has 0 fully saturated rings. The van der Waals surface area contributed by atoms with E-state index in [1.165, 1.54) is 0 Å². The largest absolute Gasteiger partial charge is 0.449 e. The highest BCUT2D eigenvalue weighted by Gasteiger charge is 2.19. The summed E-state index contributed by atoms with van der Waals surface area (Å²) in [5.74, 6) is -1.29. The second-order valence-electron chi connectivity index (χ2n) is 1.62. The highest BCUT2D eigenvalue weighted by molar-refractivity contribution is 7.81. The van der Waals surface area contributed by atoms with E-state index in [9.17, 15) is 13.2 Å². The number of thiol groups is 1. The molecule has 66 valence electrons. The molecule has 3 N–H and O–H groups in total. The van der Waals surface area contributed by atoms with E-state index in [1.807, 2.05) is 0 Å². The number of rotatable bonds is 3. The molecule has 0 aliphatic carbocycles. The van der Waals surface area contributed by atoms with Crippen molar-refractivity contribution in [3.63, 3.8) is 0 Å². The minimum Gasteiger partial charge on any atom is -0.323 e. The van der Waals surface area contributed by atoms with Crippen LogP contribution in [0, 0.1) is 0 Å². The molecule has 0 aliphatic heterocycles.